The van der Waals surface area contributed by atoms with Gasteiger partial charge in [-0.3, -0.25) is 4.79 Å². The summed E-state index contributed by atoms with van der Waals surface area (Å²) < 4.78 is 0. The van der Waals surface area contributed by atoms with Gasteiger partial charge in [-0.2, -0.15) is 0 Å². The lowest BCUT2D eigenvalue weighted by Crippen LogP contribution is -2.43. The van der Waals surface area contributed by atoms with Crippen LogP contribution in [0.3, 0.4) is 0 Å². The third-order valence-electron chi connectivity index (χ3n) is 4.04. The standard InChI is InChI=1S/C15H30N2O/c1-4-7-12(3)17-15(18)11-16-14-9-6-8-13(5-2)10-14/h12-14,16H,4-11H2,1-3H3,(H,17,18). The highest BCUT2D eigenvalue weighted by Gasteiger charge is 2.20. The summed E-state index contributed by atoms with van der Waals surface area (Å²) in [6.45, 7) is 6.98. The van der Waals surface area contributed by atoms with E-state index in [0.29, 0.717) is 18.6 Å². The Morgan fingerprint density at radius 2 is 2.11 bits per heavy atom. The van der Waals surface area contributed by atoms with Crippen LogP contribution in [0, 0.1) is 5.92 Å². The van der Waals surface area contributed by atoms with Crippen molar-refractivity contribution in [2.75, 3.05) is 6.54 Å². The number of hydrogen-bond donors (Lipinski definition) is 2. The second-order valence-corrected chi connectivity index (χ2v) is 5.78. The van der Waals surface area contributed by atoms with Crippen LogP contribution in [0.15, 0.2) is 0 Å². The minimum atomic E-state index is 0.148. The Hall–Kier alpha value is -0.570. The van der Waals surface area contributed by atoms with Gasteiger partial charge in [0.25, 0.3) is 0 Å². The second-order valence-electron chi connectivity index (χ2n) is 5.78. The predicted molar refractivity (Wildman–Crippen MR) is 76.6 cm³/mol. The van der Waals surface area contributed by atoms with Gasteiger partial charge in [-0.1, -0.05) is 39.5 Å². The summed E-state index contributed by atoms with van der Waals surface area (Å²) >= 11 is 0. The molecule has 3 unspecified atom stereocenters. The second kappa shape index (κ2) is 8.52. The smallest absolute Gasteiger partial charge is 0.234 e. The van der Waals surface area contributed by atoms with E-state index in [9.17, 15) is 4.79 Å². The molecule has 1 aliphatic rings. The number of carbonyl (C=O) groups is 1. The van der Waals surface area contributed by atoms with Gasteiger partial charge >= 0.3 is 0 Å². The molecule has 0 bridgehead atoms. The van der Waals surface area contributed by atoms with Crippen molar-refractivity contribution in [2.45, 2.75) is 77.8 Å². The average Bonchev–Trinajstić information content (AvgIpc) is 2.37. The molecule has 1 fully saturated rings. The molecule has 2 N–H and O–H groups in total. The van der Waals surface area contributed by atoms with Gasteiger partial charge in [-0.25, -0.2) is 0 Å². The average molecular weight is 254 g/mol. The molecular formula is C15H30N2O. The lowest BCUT2D eigenvalue weighted by Gasteiger charge is -2.29. The fourth-order valence-electron chi connectivity index (χ4n) is 2.92. The van der Waals surface area contributed by atoms with E-state index >= 15 is 0 Å². The van der Waals surface area contributed by atoms with Crippen molar-refractivity contribution in [1.82, 2.24) is 10.6 Å². The van der Waals surface area contributed by atoms with Crippen molar-refractivity contribution in [3.63, 3.8) is 0 Å². The van der Waals surface area contributed by atoms with Crippen LogP contribution in [0.2, 0.25) is 0 Å². The third kappa shape index (κ3) is 5.85. The highest BCUT2D eigenvalue weighted by atomic mass is 16.1. The topological polar surface area (TPSA) is 41.1 Å². The highest BCUT2D eigenvalue weighted by molar-refractivity contribution is 5.78. The van der Waals surface area contributed by atoms with Gasteiger partial charge in [0.2, 0.25) is 5.91 Å². The summed E-state index contributed by atoms with van der Waals surface area (Å²) in [5, 5.41) is 6.47. The summed E-state index contributed by atoms with van der Waals surface area (Å²) in [5.74, 6) is 1.01. The molecule has 3 nitrogen and oxygen atoms in total. The van der Waals surface area contributed by atoms with Crippen molar-refractivity contribution in [3.05, 3.63) is 0 Å². The molecule has 0 spiro atoms. The van der Waals surface area contributed by atoms with Gasteiger partial charge in [0.15, 0.2) is 0 Å². The first-order valence-electron chi connectivity index (χ1n) is 7.68. The normalized spacial score (nSPS) is 25.7. The number of hydrogen-bond acceptors (Lipinski definition) is 2. The van der Waals surface area contributed by atoms with Crippen molar-refractivity contribution in [3.8, 4) is 0 Å². The van der Waals surface area contributed by atoms with Gasteiger partial charge in [0.05, 0.1) is 6.54 Å². The Kier molecular flexibility index (Phi) is 7.33. The first kappa shape index (κ1) is 15.5. The Bertz CT molecular complexity index is 243. The Labute approximate surface area is 112 Å². The zero-order valence-corrected chi connectivity index (χ0v) is 12.3. The molecule has 1 rings (SSSR count). The minimum absolute atomic E-state index is 0.148. The van der Waals surface area contributed by atoms with Crippen LogP contribution in [0.5, 0.6) is 0 Å². The van der Waals surface area contributed by atoms with E-state index in [4.69, 9.17) is 0 Å². The molecule has 1 aliphatic carbocycles. The maximum absolute atomic E-state index is 11.7. The van der Waals surface area contributed by atoms with E-state index in [-0.39, 0.29) is 5.91 Å². The summed E-state index contributed by atoms with van der Waals surface area (Å²) in [4.78, 5) is 11.7. The lowest BCUT2D eigenvalue weighted by molar-refractivity contribution is -0.121. The van der Waals surface area contributed by atoms with Gasteiger partial charge in [-0.15, -0.1) is 0 Å². The molecule has 0 aromatic rings. The predicted octanol–water partition coefficient (Wildman–Crippen LogP) is 2.85. The molecule has 0 aromatic carbocycles. The Morgan fingerprint density at radius 3 is 2.78 bits per heavy atom. The maximum atomic E-state index is 11.7. The number of rotatable bonds is 7. The van der Waals surface area contributed by atoms with Crippen LogP contribution < -0.4 is 10.6 Å². The molecule has 3 atom stereocenters. The monoisotopic (exact) mass is 254 g/mol. The largest absolute Gasteiger partial charge is 0.353 e. The first-order valence-corrected chi connectivity index (χ1v) is 7.68. The Morgan fingerprint density at radius 1 is 1.33 bits per heavy atom. The van der Waals surface area contributed by atoms with Crippen LogP contribution in [-0.2, 0) is 4.79 Å². The maximum Gasteiger partial charge on any atom is 0.234 e. The van der Waals surface area contributed by atoms with E-state index in [0.717, 1.165) is 18.8 Å². The van der Waals surface area contributed by atoms with Crippen LogP contribution in [-0.4, -0.2) is 24.5 Å². The molecular weight excluding hydrogens is 224 g/mol. The molecule has 3 heteroatoms. The lowest BCUT2D eigenvalue weighted by atomic mass is 9.84. The molecule has 1 amide bonds. The fraction of sp³-hybridized carbons (Fsp3) is 0.933. The molecule has 0 aliphatic heterocycles. The van der Waals surface area contributed by atoms with Crippen LogP contribution in [0.1, 0.15) is 65.7 Å². The molecule has 0 aromatic heterocycles. The van der Waals surface area contributed by atoms with Gasteiger partial charge in [0.1, 0.15) is 0 Å². The molecule has 1 saturated carbocycles. The fourth-order valence-corrected chi connectivity index (χ4v) is 2.92. The molecule has 106 valence electrons. The zero-order valence-electron chi connectivity index (χ0n) is 12.3. The van der Waals surface area contributed by atoms with Crippen molar-refractivity contribution in [2.24, 2.45) is 5.92 Å². The summed E-state index contributed by atoms with van der Waals surface area (Å²) in [5.41, 5.74) is 0. The summed E-state index contributed by atoms with van der Waals surface area (Å²) in [7, 11) is 0. The quantitative estimate of drug-likeness (QED) is 0.733. The highest BCUT2D eigenvalue weighted by Crippen LogP contribution is 2.26. The molecule has 0 radical (unpaired) electrons. The SMILES string of the molecule is CCCC(C)NC(=O)CNC1CCCC(CC)C1. The third-order valence-corrected chi connectivity index (χ3v) is 4.04. The van der Waals surface area contributed by atoms with Crippen molar-refractivity contribution in [1.29, 1.82) is 0 Å². The summed E-state index contributed by atoms with van der Waals surface area (Å²) in [6, 6.07) is 0.856. The number of nitrogens with one attached hydrogen (secondary N) is 2. The van der Waals surface area contributed by atoms with Crippen molar-refractivity contribution < 1.29 is 4.79 Å². The molecule has 0 saturated heterocycles. The van der Waals surface area contributed by atoms with E-state index in [1.165, 1.54) is 32.1 Å². The molecule has 18 heavy (non-hydrogen) atoms. The van der Waals surface area contributed by atoms with Gasteiger partial charge < -0.3 is 10.6 Å². The van der Waals surface area contributed by atoms with E-state index in [1.807, 2.05) is 0 Å². The molecule has 0 heterocycles. The van der Waals surface area contributed by atoms with E-state index in [2.05, 4.69) is 31.4 Å². The zero-order chi connectivity index (χ0) is 13.4. The Balaban J connectivity index is 2.17. The van der Waals surface area contributed by atoms with Crippen LogP contribution in [0.25, 0.3) is 0 Å². The van der Waals surface area contributed by atoms with Gasteiger partial charge in [0, 0.05) is 12.1 Å². The number of amides is 1. The van der Waals surface area contributed by atoms with E-state index < -0.39 is 0 Å². The van der Waals surface area contributed by atoms with Crippen LogP contribution in [0.4, 0.5) is 0 Å². The van der Waals surface area contributed by atoms with Crippen LogP contribution >= 0.6 is 0 Å². The van der Waals surface area contributed by atoms with Crippen molar-refractivity contribution >= 4 is 5.91 Å². The van der Waals surface area contributed by atoms with E-state index in [1.54, 1.807) is 0 Å². The first-order chi connectivity index (χ1) is 8.65. The number of carbonyl (C=O) groups excluding carboxylic acids is 1. The van der Waals surface area contributed by atoms with Gasteiger partial charge in [-0.05, 0) is 32.1 Å². The summed E-state index contributed by atoms with van der Waals surface area (Å²) in [6.07, 6.45) is 8.61. The minimum Gasteiger partial charge on any atom is -0.353 e.